The Kier molecular flexibility index (Phi) is 5.71. The number of hydrogen-bond acceptors (Lipinski definition) is 0. The summed E-state index contributed by atoms with van der Waals surface area (Å²) in [6.07, 6.45) is 4.67. The zero-order valence-electron chi connectivity index (χ0n) is 15.7. The van der Waals surface area contributed by atoms with Crippen LogP contribution in [-0.2, 0) is 12.8 Å². The molecule has 3 aromatic carbocycles. The van der Waals surface area contributed by atoms with Crippen molar-refractivity contribution in [2.75, 3.05) is 0 Å². The zero-order valence-corrected chi connectivity index (χ0v) is 15.7. The molecular weight excluding hydrogens is 300 g/mol. The highest BCUT2D eigenvalue weighted by atomic mass is 14.1. The fourth-order valence-corrected chi connectivity index (χ4v) is 3.57. The van der Waals surface area contributed by atoms with Crippen molar-refractivity contribution in [1.29, 1.82) is 0 Å². The molecule has 0 aliphatic heterocycles. The maximum atomic E-state index is 2.33. The van der Waals surface area contributed by atoms with Crippen LogP contribution in [0.5, 0.6) is 0 Å². The van der Waals surface area contributed by atoms with Crippen molar-refractivity contribution in [3.63, 3.8) is 0 Å². The van der Waals surface area contributed by atoms with Gasteiger partial charge in [-0.1, -0.05) is 93.4 Å². The van der Waals surface area contributed by atoms with E-state index in [0.717, 1.165) is 12.8 Å². The molecule has 25 heavy (non-hydrogen) atoms. The first-order valence-electron chi connectivity index (χ1n) is 9.51. The van der Waals surface area contributed by atoms with Gasteiger partial charge < -0.3 is 0 Å². The van der Waals surface area contributed by atoms with E-state index in [1.54, 1.807) is 0 Å². The molecule has 0 aromatic heterocycles. The normalized spacial score (nSPS) is 10.8. The minimum atomic E-state index is 1.14. The van der Waals surface area contributed by atoms with E-state index >= 15 is 0 Å². The summed E-state index contributed by atoms with van der Waals surface area (Å²) in [5.41, 5.74) is 9.56. The van der Waals surface area contributed by atoms with Crippen LogP contribution in [-0.4, -0.2) is 0 Å². The Morgan fingerprint density at radius 1 is 0.640 bits per heavy atom. The van der Waals surface area contributed by atoms with Gasteiger partial charge in [0.25, 0.3) is 0 Å². The topological polar surface area (TPSA) is 0 Å². The predicted molar refractivity (Wildman–Crippen MR) is 110 cm³/mol. The monoisotopic (exact) mass is 328 g/mol. The van der Waals surface area contributed by atoms with Gasteiger partial charge in [0.2, 0.25) is 0 Å². The second-order valence-electron chi connectivity index (χ2n) is 6.88. The summed E-state index contributed by atoms with van der Waals surface area (Å²) in [6, 6.07) is 24.7. The molecule has 0 amide bonds. The Labute approximate surface area is 152 Å². The molecule has 0 fully saturated rings. The van der Waals surface area contributed by atoms with E-state index in [1.807, 2.05) is 0 Å². The van der Waals surface area contributed by atoms with E-state index in [9.17, 15) is 0 Å². The second kappa shape index (κ2) is 8.16. The van der Waals surface area contributed by atoms with Crippen LogP contribution >= 0.6 is 0 Å². The SMILES string of the molecule is CCCc1ccc(-c2ccc(-c3ccccc3CCC)c(C)c2)cc1. The fraction of sp³-hybridized carbons (Fsp3) is 0.280. The van der Waals surface area contributed by atoms with Crippen LogP contribution in [0.3, 0.4) is 0 Å². The first kappa shape index (κ1) is 17.5. The first-order chi connectivity index (χ1) is 12.2. The summed E-state index contributed by atoms with van der Waals surface area (Å²) in [5.74, 6) is 0. The number of rotatable bonds is 6. The summed E-state index contributed by atoms with van der Waals surface area (Å²) in [5, 5.41) is 0. The molecule has 3 aromatic rings. The lowest BCUT2D eigenvalue weighted by molar-refractivity contribution is 0.922. The minimum absolute atomic E-state index is 1.14. The van der Waals surface area contributed by atoms with Crippen molar-refractivity contribution in [2.45, 2.75) is 46.5 Å². The van der Waals surface area contributed by atoms with Crippen LogP contribution in [0.15, 0.2) is 66.7 Å². The molecule has 0 aliphatic rings. The Hall–Kier alpha value is -2.34. The lowest BCUT2D eigenvalue weighted by atomic mass is 9.91. The molecule has 0 radical (unpaired) electrons. The molecule has 0 unspecified atom stereocenters. The van der Waals surface area contributed by atoms with Gasteiger partial charge in [0, 0.05) is 0 Å². The van der Waals surface area contributed by atoms with Crippen LogP contribution in [0.4, 0.5) is 0 Å². The number of hydrogen-bond donors (Lipinski definition) is 0. The average Bonchev–Trinajstić information content (AvgIpc) is 2.64. The maximum Gasteiger partial charge on any atom is -0.0149 e. The third kappa shape index (κ3) is 4.02. The molecule has 0 spiro atoms. The van der Waals surface area contributed by atoms with Crippen LogP contribution in [0.1, 0.15) is 43.4 Å². The Morgan fingerprint density at radius 3 is 2.00 bits per heavy atom. The summed E-state index contributed by atoms with van der Waals surface area (Å²) in [4.78, 5) is 0. The molecule has 0 N–H and O–H groups in total. The highest BCUT2D eigenvalue weighted by molar-refractivity contribution is 5.75. The highest BCUT2D eigenvalue weighted by Gasteiger charge is 2.08. The van der Waals surface area contributed by atoms with E-state index < -0.39 is 0 Å². The standard InChI is InChI=1S/C25H28/c1-4-8-20-12-14-21(15-13-20)23-16-17-24(19(3)18-23)25-11-7-6-10-22(25)9-5-2/h6-7,10-18H,4-5,8-9H2,1-3H3. The van der Waals surface area contributed by atoms with E-state index in [2.05, 4.69) is 87.5 Å². The van der Waals surface area contributed by atoms with Gasteiger partial charge in [-0.25, -0.2) is 0 Å². The third-order valence-electron chi connectivity index (χ3n) is 4.88. The quantitative estimate of drug-likeness (QED) is 0.447. The van der Waals surface area contributed by atoms with Crippen LogP contribution in [0.25, 0.3) is 22.3 Å². The van der Waals surface area contributed by atoms with E-state index in [0.29, 0.717) is 0 Å². The molecular formula is C25H28. The minimum Gasteiger partial charge on any atom is -0.0651 e. The van der Waals surface area contributed by atoms with Gasteiger partial charge in [0.05, 0.1) is 0 Å². The molecule has 128 valence electrons. The van der Waals surface area contributed by atoms with Crippen molar-refractivity contribution in [3.05, 3.63) is 83.4 Å². The van der Waals surface area contributed by atoms with Crippen LogP contribution < -0.4 is 0 Å². The highest BCUT2D eigenvalue weighted by Crippen LogP contribution is 2.31. The molecule has 0 saturated carbocycles. The van der Waals surface area contributed by atoms with Gasteiger partial charge in [0.15, 0.2) is 0 Å². The molecule has 0 nitrogen and oxygen atoms in total. The summed E-state index contributed by atoms with van der Waals surface area (Å²) in [7, 11) is 0. The van der Waals surface area contributed by atoms with Gasteiger partial charge in [-0.2, -0.15) is 0 Å². The van der Waals surface area contributed by atoms with Gasteiger partial charge >= 0.3 is 0 Å². The van der Waals surface area contributed by atoms with E-state index in [4.69, 9.17) is 0 Å². The molecule has 0 heterocycles. The van der Waals surface area contributed by atoms with Gasteiger partial charge in [-0.05, 0) is 58.7 Å². The van der Waals surface area contributed by atoms with Crippen LogP contribution in [0.2, 0.25) is 0 Å². The molecule has 0 bridgehead atoms. The first-order valence-corrected chi connectivity index (χ1v) is 9.51. The van der Waals surface area contributed by atoms with Gasteiger partial charge in [0.1, 0.15) is 0 Å². The number of aryl methyl sites for hydroxylation is 3. The average molecular weight is 328 g/mol. The summed E-state index contributed by atoms with van der Waals surface area (Å²) >= 11 is 0. The lowest BCUT2D eigenvalue weighted by Crippen LogP contribution is -1.92. The van der Waals surface area contributed by atoms with Gasteiger partial charge in [-0.3, -0.25) is 0 Å². The second-order valence-corrected chi connectivity index (χ2v) is 6.88. The molecule has 0 atom stereocenters. The molecule has 0 heteroatoms. The summed E-state index contributed by atoms with van der Waals surface area (Å²) in [6.45, 7) is 6.70. The largest absolute Gasteiger partial charge is 0.0651 e. The van der Waals surface area contributed by atoms with Crippen molar-refractivity contribution < 1.29 is 0 Å². The Balaban J connectivity index is 1.93. The van der Waals surface area contributed by atoms with Crippen molar-refractivity contribution in [3.8, 4) is 22.3 Å². The van der Waals surface area contributed by atoms with Crippen LogP contribution in [0, 0.1) is 6.92 Å². The molecule has 0 saturated heterocycles. The molecule has 0 aliphatic carbocycles. The fourth-order valence-electron chi connectivity index (χ4n) is 3.57. The van der Waals surface area contributed by atoms with E-state index in [-0.39, 0.29) is 0 Å². The maximum absolute atomic E-state index is 2.33. The van der Waals surface area contributed by atoms with Crippen molar-refractivity contribution >= 4 is 0 Å². The Morgan fingerprint density at radius 2 is 1.32 bits per heavy atom. The third-order valence-corrected chi connectivity index (χ3v) is 4.88. The zero-order chi connectivity index (χ0) is 17.6. The summed E-state index contributed by atoms with van der Waals surface area (Å²) < 4.78 is 0. The van der Waals surface area contributed by atoms with Crippen molar-refractivity contribution in [1.82, 2.24) is 0 Å². The van der Waals surface area contributed by atoms with Crippen molar-refractivity contribution in [2.24, 2.45) is 0 Å². The number of benzene rings is 3. The smallest absolute Gasteiger partial charge is 0.0149 e. The Bertz CT molecular complexity index is 825. The van der Waals surface area contributed by atoms with Gasteiger partial charge in [-0.15, -0.1) is 0 Å². The molecule has 3 rings (SSSR count). The lowest BCUT2D eigenvalue weighted by Gasteiger charge is -2.13. The van der Waals surface area contributed by atoms with E-state index in [1.165, 1.54) is 51.8 Å². The predicted octanol–water partition coefficient (Wildman–Crippen LogP) is 7.23.